The van der Waals surface area contributed by atoms with Crippen molar-refractivity contribution in [2.75, 3.05) is 0 Å². The Balaban J connectivity index is 3.39. The molecule has 1 aromatic heterocycles. The second kappa shape index (κ2) is 4.94. The predicted octanol–water partition coefficient (Wildman–Crippen LogP) is 4.16. The Morgan fingerprint density at radius 1 is 0.688 bits per heavy atom. The topological polar surface area (TPSA) is 25.8 Å². The highest BCUT2D eigenvalue weighted by Crippen LogP contribution is 2.25. The normalized spacial score (nSPS) is 11.9. The summed E-state index contributed by atoms with van der Waals surface area (Å²) in [5.41, 5.74) is 3.69. The van der Waals surface area contributed by atoms with Crippen molar-refractivity contribution < 1.29 is 0 Å². The molecule has 0 fully saturated rings. The molecule has 0 radical (unpaired) electrons. The fourth-order valence-corrected chi connectivity index (χ4v) is 1.95. The lowest BCUT2D eigenvalue weighted by Crippen LogP contribution is -2.11. The highest BCUT2D eigenvalue weighted by molar-refractivity contribution is 5.29. The van der Waals surface area contributed by atoms with Gasteiger partial charge in [-0.15, -0.1) is 0 Å². The van der Waals surface area contributed by atoms with Crippen LogP contribution in [0, 0.1) is 6.92 Å². The van der Waals surface area contributed by atoms with Crippen molar-refractivity contribution >= 4 is 0 Å². The predicted molar refractivity (Wildman–Crippen MR) is 69.0 cm³/mol. The molecular weight excluding hydrogens is 196 g/mol. The number of aromatic nitrogens is 2. The first-order chi connectivity index (χ1) is 7.34. The van der Waals surface area contributed by atoms with Gasteiger partial charge < -0.3 is 0 Å². The van der Waals surface area contributed by atoms with Crippen molar-refractivity contribution in [1.29, 1.82) is 0 Å². The molecular formula is C14H24N2. The standard InChI is InChI=1S/C14H24N2/c1-8(2)12-11(7)13(9(3)4)16-14(15-12)10(5)6/h8-10H,1-7H3. The third-order valence-electron chi connectivity index (χ3n) is 2.85. The maximum atomic E-state index is 4.70. The van der Waals surface area contributed by atoms with Gasteiger partial charge in [-0.05, 0) is 24.3 Å². The third-order valence-corrected chi connectivity index (χ3v) is 2.85. The van der Waals surface area contributed by atoms with E-state index in [0.29, 0.717) is 17.8 Å². The van der Waals surface area contributed by atoms with Crippen LogP contribution in [0.25, 0.3) is 0 Å². The Hall–Kier alpha value is -0.920. The molecule has 0 aliphatic carbocycles. The quantitative estimate of drug-likeness (QED) is 0.764. The minimum atomic E-state index is 0.399. The van der Waals surface area contributed by atoms with E-state index in [9.17, 15) is 0 Å². The van der Waals surface area contributed by atoms with Crippen LogP contribution >= 0.6 is 0 Å². The second-order valence-corrected chi connectivity index (χ2v) is 5.44. The highest BCUT2D eigenvalue weighted by Gasteiger charge is 2.16. The first-order valence-electron chi connectivity index (χ1n) is 6.22. The van der Waals surface area contributed by atoms with E-state index in [-0.39, 0.29) is 0 Å². The van der Waals surface area contributed by atoms with Crippen LogP contribution in [0.4, 0.5) is 0 Å². The van der Waals surface area contributed by atoms with Crippen LogP contribution in [0.3, 0.4) is 0 Å². The molecule has 0 aliphatic heterocycles. The summed E-state index contributed by atoms with van der Waals surface area (Å²) in [6.07, 6.45) is 0. The van der Waals surface area contributed by atoms with Gasteiger partial charge in [0.05, 0.1) is 0 Å². The molecule has 1 rings (SSSR count). The molecule has 16 heavy (non-hydrogen) atoms. The molecule has 1 heterocycles. The summed E-state index contributed by atoms with van der Waals surface area (Å²) < 4.78 is 0. The summed E-state index contributed by atoms with van der Waals surface area (Å²) in [6, 6.07) is 0. The van der Waals surface area contributed by atoms with Gasteiger partial charge in [-0.2, -0.15) is 0 Å². The molecule has 0 bridgehead atoms. The molecule has 0 atom stereocenters. The van der Waals surface area contributed by atoms with Crippen molar-refractivity contribution in [2.45, 2.75) is 66.2 Å². The van der Waals surface area contributed by atoms with E-state index in [1.54, 1.807) is 0 Å². The maximum absolute atomic E-state index is 4.70. The molecule has 2 heteroatoms. The molecule has 90 valence electrons. The van der Waals surface area contributed by atoms with E-state index in [1.165, 1.54) is 17.0 Å². The Morgan fingerprint density at radius 3 is 1.31 bits per heavy atom. The van der Waals surface area contributed by atoms with E-state index in [4.69, 9.17) is 9.97 Å². The van der Waals surface area contributed by atoms with Crippen LogP contribution in [-0.4, -0.2) is 9.97 Å². The average Bonchev–Trinajstić information content (AvgIpc) is 2.16. The lowest BCUT2D eigenvalue weighted by atomic mass is 9.97. The maximum Gasteiger partial charge on any atom is 0.131 e. The van der Waals surface area contributed by atoms with E-state index in [2.05, 4.69) is 48.5 Å². The molecule has 0 N–H and O–H groups in total. The smallest absolute Gasteiger partial charge is 0.131 e. The summed E-state index contributed by atoms with van der Waals surface area (Å²) in [4.78, 5) is 9.41. The van der Waals surface area contributed by atoms with Crippen molar-refractivity contribution in [2.24, 2.45) is 0 Å². The minimum Gasteiger partial charge on any atom is -0.237 e. The number of hydrogen-bond acceptors (Lipinski definition) is 2. The third kappa shape index (κ3) is 2.60. The van der Waals surface area contributed by atoms with E-state index < -0.39 is 0 Å². The molecule has 0 unspecified atom stereocenters. The van der Waals surface area contributed by atoms with Gasteiger partial charge in [-0.1, -0.05) is 41.5 Å². The zero-order chi connectivity index (χ0) is 12.5. The average molecular weight is 220 g/mol. The van der Waals surface area contributed by atoms with Crippen LogP contribution in [0.1, 0.15) is 82.1 Å². The van der Waals surface area contributed by atoms with Gasteiger partial charge in [0.25, 0.3) is 0 Å². The van der Waals surface area contributed by atoms with Gasteiger partial charge in [0.1, 0.15) is 5.82 Å². The fourth-order valence-electron chi connectivity index (χ4n) is 1.95. The van der Waals surface area contributed by atoms with Gasteiger partial charge in [0.15, 0.2) is 0 Å². The van der Waals surface area contributed by atoms with Crippen LogP contribution in [0.5, 0.6) is 0 Å². The summed E-state index contributed by atoms with van der Waals surface area (Å²) in [6.45, 7) is 15.2. The Kier molecular flexibility index (Phi) is 4.06. The van der Waals surface area contributed by atoms with E-state index >= 15 is 0 Å². The first-order valence-corrected chi connectivity index (χ1v) is 6.22. The SMILES string of the molecule is Cc1c(C(C)C)nc(C(C)C)nc1C(C)C. The van der Waals surface area contributed by atoms with Gasteiger partial charge in [0, 0.05) is 17.3 Å². The molecule has 0 saturated carbocycles. The molecule has 2 nitrogen and oxygen atoms in total. The molecule has 1 aromatic rings. The molecule has 0 saturated heterocycles. The number of hydrogen-bond donors (Lipinski definition) is 0. The summed E-state index contributed by atoms with van der Waals surface area (Å²) in [7, 11) is 0. The first kappa shape index (κ1) is 13.1. The minimum absolute atomic E-state index is 0.399. The monoisotopic (exact) mass is 220 g/mol. The number of rotatable bonds is 3. The Labute approximate surface area is 99.5 Å². The second-order valence-electron chi connectivity index (χ2n) is 5.44. The Bertz CT molecular complexity index is 336. The molecule has 0 amide bonds. The van der Waals surface area contributed by atoms with Crippen molar-refractivity contribution in [3.05, 3.63) is 22.8 Å². The molecule has 0 aromatic carbocycles. The largest absolute Gasteiger partial charge is 0.237 e. The van der Waals surface area contributed by atoms with Crippen molar-refractivity contribution in [1.82, 2.24) is 9.97 Å². The van der Waals surface area contributed by atoms with Gasteiger partial charge in [0.2, 0.25) is 0 Å². The van der Waals surface area contributed by atoms with Crippen molar-refractivity contribution in [3.63, 3.8) is 0 Å². The van der Waals surface area contributed by atoms with E-state index in [0.717, 1.165) is 5.82 Å². The van der Waals surface area contributed by atoms with Gasteiger partial charge >= 0.3 is 0 Å². The van der Waals surface area contributed by atoms with Crippen LogP contribution in [-0.2, 0) is 0 Å². The van der Waals surface area contributed by atoms with Crippen LogP contribution in [0.15, 0.2) is 0 Å². The van der Waals surface area contributed by atoms with Gasteiger partial charge in [-0.3, -0.25) is 0 Å². The van der Waals surface area contributed by atoms with Crippen LogP contribution < -0.4 is 0 Å². The number of nitrogens with zero attached hydrogens (tertiary/aromatic N) is 2. The summed E-state index contributed by atoms with van der Waals surface area (Å²) >= 11 is 0. The zero-order valence-corrected chi connectivity index (χ0v) is 11.6. The van der Waals surface area contributed by atoms with Crippen LogP contribution in [0.2, 0.25) is 0 Å². The van der Waals surface area contributed by atoms with Gasteiger partial charge in [-0.25, -0.2) is 9.97 Å². The van der Waals surface area contributed by atoms with Crippen molar-refractivity contribution in [3.8, 4) is 0 Å². The zero-order valence-electron chi connectivity index (χ0n) is 11.6. The summed E-state index contributed by atoms with van der Waals surface area (Å²) in [5, 5.41) is 0. The lowest BCUT2D eigenvalue weighted by molar-refractivity contribution is 0.684. The molecule has 0 aliphatic rings. The lowest BCUT2D eigenvalue weighted by Gasteiger charge is -2.18. The summed E-state index contributed by atoms with van der Waals surface area (Å²) in [5.74, 6) is 2.32. The molecule has 0 spiro atoms. The highest BCUT2D eigenvalue weighted by atomic mass is 14.9. The Morgan fingerprint density at radius 2 is 1.06 bits per heavy atom. The van der Waals surface area contributed by atoms with E-state index in [1.807, 2.05) is 0 Å². The fraction of sp³-hybridized carbons (Fsp3) is 0.714.